The topological polar surface area (TPSA) is 85.7 Å². The largest absolute Gasteiger partial charge is 0.376 e. The van der Waals surface area contributed by atoms with E-state index in [0.717, 1.165) is 25.0 Å². The monoisotopic (exact) mass is 451 g/mol. The lowest BCUT2D eigenvalue weighted by Crippen LogP contribution is -2.17. The highest BCUT2D eigenvalue weighted by Crippen LogP contribution is 2.34. The number of H-pyrrole nitrogens is 1. The number of aromatic nitrogens is 5. The molecule has 1 aliphatic heterocycles. The van der Waals surface area contributed by atoms with Gasteiger partial charge in [-0.1, -0.05) is 23.9 Å². The lowest BCUT2D eigenvalue weighted by atomic mass is 10.2. The molecule has 1 fully saturated rings. The lowest BCUT2D eigenvalue weighted by molar-refractivity contribution is 0.0953. The Kier molecular flexibility index (Phi) is 5.75. The Morgan fingerprint density at radius 3 is 2.81 bits per heavy atom. The van der Waals surface area contributed by atoms with Gasteiger partial charge in [-0.15, -0.1) is 10.2 Å². The summed E-state index contributed by atoms with van der Waals surface area (Å²) in [6, 6.07) is 13.5. The maximum absolute atomic E-state index is 13.4. The summed E-state index contributed by atoms with van der Waals surface area (Å²) in [5.41, 5.74) is 1.28. The van der Waals surface area contributed by atoms with Crippen LogP contribution in [0.15, 0.2) is 58.5 Å². The molecule has 0 radical (unpaired) electrons. The molecule has 0 saturated carbocycles. The van der Waals surface area contributed by atoms with Crippen molar-refractivity contribution < 1.29 is 9.13 Å². The number of halogens is 1. The van der Waals surface area contributed by atoms with Gasteiger partial charge in [0.05, 0.1) is 28.8 Å². The van der Waals surface area contributed by atoms with Crippen molar-refractivity contribution in [2.45, 2.75) is 42.8 Å². The van der Waals surface area contributed by atoms with Crippen LogP contribution >= 0.6 is 11.8 Å². The predicted molar refractivity (Wildman–Crippen MR) is 121 cm³/mol. The van der Waals surface area contributed by atoms with Gasteiger partial charge in [-0.05, 0) is 56.2 Å². The highest BCUT2D eigenvalue weighted by Gasteiger charge is 2.24. The number of hydrogen-bond acceptors (Lipinski definition) is 6. The average Bonchev–Trinajstić information content (AvgIpc) is 3.45. The summed E-state index contributed by atoms with van der Waals surface area (Å²) in [5.74, 6) is 0.942. The molecule has 4 aromatic rings. The molecule has 2 aromatic carbocycles. The highest BCUT2D eigenvalue weighted by molar-refractivity contribution is 7.99. The average molecular weight is 452 g/mol. The molecular formula is C23H22FN5O2S. The maximum Gasteiger partial charge on any atom is 0.258 e. The molecule has 5 rings (SSSR count). The number of nitrogens with one attached hydrogen (secondary N) is 1. The molecular weight excluding hydrogens is 429 g/mol. The number of rotatable bonds is 6. The van der Waals surface area contributed by atoms with E-state index in [1.807, 2.05) is 29.7 Å². The van der Waals surface area contributed by atoms with Crippen LogP contribution in [0, 0.1) is 5.82 Å². The van der Waals surface area contributed by atoms with Gasteiger partial charge in [0.25, 0.3) is 5.56 Å². The van der Waals surface area contributed by atoms with Crippen molar-refractivity contribution in [3.63, 3.8) is 0 Å². The fourth-order valence-electron chi connectivity index (χ4n) is 3.86. The van der Waals surface area contributed by atoms with Gasteiger partial charge in [0, 0.05) is 12.2 Å². The minimum atomic E-state index is -0.298. The zero-order valence-corrected chi connectivity index (χ0v) is 18.3. The number of aromatic amines is 1. The first kappa shape index (κ1) is 20.8. The Morgan fingerprint density at radius 2 is 2.03 bits per heavy atom. The smallest absolute Gasteiger partial charge is 0.258 e. The van der Waals surface area contributed by atoms with Crippen molar-refractivity contribution in [2.75, 3.05) is 6.61 Å². The van der Waals surface area contributed by atoms with Crippen LogP contribution in [0.1, 0.15) is 30.8 Å². The van der Waals surface area contributed by atoms with E-state index in [2.05, 4.69) is 20.2 Å². The number of para-hydroxylation sites is 1. The third-order valence-corrected chi connectivity index (χ3v) is 6.62. The molecule has 0 bridgehead atoms. The van der Waals surface area contributed by atoms with Crippen LogP contribution in [0.5, 0.6) is 0 Å². The second-order valence-corrected chi connectivity index (χ2v) is 9.10. The van der Waals surface area contributed by atoms with Crippen LogP contribution in [0.4, 0.5) is 4.39 Å². The molecule has 1 aliphatic rings. The van der Waals surface area contributed by atoms with E-state index in [9.17, 15) is 9.18 Å². The van der Waals surface area contributed by atoms with Gasteiger partial charge in [0.2, 0.25) is 0 Å². The van der Waals surface area contributed by atoms with Crippen molar-refractivity contribution in [3.05, 3.63) is 70.5 Å². The summed E-state index contributed by atoms with van der Waals surface area (Å²) in [4.78, 5) is 20.0. The number of ether oxygens (including phenoxy) is 1. The van der Waals surface area contributed by atoms with Gasteiger partial charge in [-0.25, -0.2) is 9.37 Å². The highest BCUT2D eigenvalue weighted by atomic mass is 32.2. The maximum atomic E-state index is 13.4. The molecule has 0 aliphatic carbocycles. The van der Waals surface area contributed by atoms with Crippen LogP contribution in [0.3, 0.4) is 0 Å². The van der Waals surface area contributed by atoms with Gasteiger partial charge in [-0.2, -0.15) is 0 Å². The fourth-order valence-corrected chi connectivity index (χ4v) is 4.77. The first-order chi connectivity index (χ1) is 15.6. The fraction of sp³-hybridized carbons (Fsp3) is 0.304. The number of nitrogens with zero attached hydrogens (tertiary/aromatic N) is 4. The van der Waals surface area contributed by atoms with Crippen molar-refractivity contribution in [1.82, 2.24) is 24.7 Å². The number of fused-ring (bicyclic) bond motifs is 1. The first-order valence-electron chi connectivity index (χ1n) is 10.5. The molecule has 2 aromatic heterocycles. The molecule has 3 heterocycles. The molecule has 9 heteroatoms. The van der Waals surface area contributed by atoms with Gasteiger partial charge in [-0.3, -0.25) is 9.36 Å². The number of benzene rings is 2. The van der Waals surface area contributed by atoms with Gasteiger partial charge in [0.1, 0.15) is 11.6 Å². The summed E-state index contributed by atoms with van der Waals surface area (Å²) >= 11 is 1.47. The molecule has 7 nitrogen and oxygen atoms in total. The Bertz CT molecular complexity index is 1300. The van der Waals surface area contributed by atoms with E-state index in [1.165, 1.54) is 23.9 Å². The van der Waals surface area contributed by atoms with Gasteiger partial charge < -0.3 is 9.72 Å². The Balaban J connectivity index is 1.48. The Morgan fingerprint density at radius 1 is 1.22 bits per heavy atom. The Labute approximate surface area is 188 Å². The predicted octanol–water partition coefficient (Wildman–Crippen LogP) is 4.35. The SMILES string of the molecule is C[C@H](Sc1nnc(-c2ccc(F)cc2)n1C[C@H]1CCCO1)c1nc2ccccc2c(=O)[nH]1. The molecule has 0 spiro atoms. The lowest BCUT2D eigenvalue weighted by Gasteiger charge is -2.16. The summed E-state index contributed by atoms with van der Waals surface area (Å²) in [6.07, 6.45) is 2.08. The normalized spacial score (nSPS) is 17.1. The number of hydrogen-bond donors (Lipinski definition) is 1. The molecule has 1 saturated heterocycles. The number of thioether (sulfide) groups is 1. The van der Waals surface area contributed by atoms with Crippen LogP contribution in [-0.2, 0) is 11.3 Å². The van der Waals surface area contributed by atoms with Crippen LogP contribution in [0.25, 0.3) is 22.3 Å². The minimum absolute atomic E-state index is 0.0819. The zero-order chi connectivity index (χ0) is 22.1. The van der Waals surface area contributed by atoms with Crippen LogP contribution in [0.2, 0.25) is 0 Å². The van der Waals surface area contributed by atoms with Crippen molar-refractivity contribution in [2.24, 2.45) is 0 Å². The molecule has 0 amide bonds. The molecule has 164 valence electrons. The van der Waals surface area contributed by atoms with Crippen molar-refractivity contribution >= 4 is 22.7 Å². The van der Waals surface area contributed by atoms with E-state index in [-0.39, 0.29) is 22.7 Å². The second-order valence-electron chi connectivity index (χ2n) is 7.79. The van der Waals surface area contributed by atoms with E-state index < -0.39 is 0 Å². The van der Waals surface area contributed by atoms with Gasteiger partial charge >= 0.3 is 0 Å². The zero-order valence-electron chi connectivity index (χ0n) is 17.5. The van der Waals surface area contributed by atoms with Gasteiger partial charge in [0.15, 0.2) is 11.0 Å². The van der Waals surface area contributed by atoms with Crippen molar-refractivity contribution in [1.29, 1.82) is 0 Å². The summed E-state index contributed by atoms with van der Waals surface area (Å²) in [7, 11) is 0. The summed E-state index contributed by atoms with van der Waals surface area (Å²) < 4.78 is 21.3. The van der Waals surface area contributed by atoms with E-state index in [0.29, 0.717) is 34.3 Å². The summed E-state index contributed by atoms with van der Waals surface area (Å²) in [6.45, 7) is 3.33. The van der Waals surface area contributed by atoms with Crippen LogP contribution < -0.4 is 5.56 Å². The summed E-state index contributed by atoms with van der Waals surface area (Å²) in [5, 5.41) is 9.90. The molecule has 32 heavy (non-hydrogen) atoms. The Hall–Kier alpha value is -3.04. The molecule has 0 unspecified atom stereocenters. The second kappa shape index (κ2) is 8.84. The van der Waals surface area contributed by atoms with Crippen LogP contribution in [-0.4, -0.2) is 37.4 Å². The third-order valence-electron chi connectivity index (χ3n) is 5.53. The van der Waals surface area contributed by atoms with E-state index >= 15 is 0 Å². The quantitative estimate of drug-likeness (QED) is 0.439. The third kappa shape index (κ3) is 4.18. The van der Waals surface area contributed by atoms with E-state index in [1.54, 1.807) is 18.2 Å². The first-order valence-corrected chi connectivity index (χ1v) is 11.4. The minimum Gasteiger partial charge on any atom is -0.376 e. The van der Waals surface area contributed by atoms with Crippen molar-refractivity contribution in [3.8, 4) is 11.4 Å². The van der Waals surface area contributed by atoms with E-state index in [4.69, 9.17) is 4.74 Å². The molecule has 2 atom stereocenters. The molecule has 1 N–H and O–H groups in total. The standard InChI is InChI=1S/C23H22FN5O2S/c1-14(20-25-19-7-3-2-6-18(19)22(30)26-20)32-23-28-27-21(15-8-10-16(24)11-9-15)29(23)13-17-5-4-12-31-17/h2-3,6-11,14,17H,4-5,12-13H2,1H3,(H,25,26,30)/t14-,17+/m0/s1.